The van der Waals surface area contributed by atoms with E-state index < -0.39 is 28.5 Å². The van der Waals surface area contributed by atoms with Crippen LogP contribution in [0.1, 0.15) is 12.5 Å². The number of nitrogens with zero attached hydrogens (tertiary/aromatic N) is 4. The van der Waals surface area contributed by atoms with Gasteiger partial charge in [-0.25, -0.2) is 8.78 Å². The number of rotatable bonds is 6. The molecule has 10 heteroatoms. The van der Waals surface area contributed by atoms with Gasteiger partial charge >= 0.3 is 0 Å². The summed E-state index contributed by atoms with van der Waals surface area (Å²) >= 11 is 1.17. The number of carbonyl (C=O) groups excluding carboxylic acids is 1. The number of amides is 1. The maximum atomic E-state index is 13.9. The Balaban J connectivity index is 1.61. The number of halogens is 2. The van der Waals surface area contributed by atoms with Gasteiger partial charge in [0.2, 0.25) is 11.9 Å². The molecular formula is C22H23F2N5O2S. The highest BCUT2D eigenvalue weighted by molar-refractivity contribution is 8.00. The molecule has 1 atom stereocenters. The summed E-state index contributed by atoms with van der Waals surface area (Å²) in [5, 5.41) is 10.9. The van der Waals surface area contributed by atoms with E-state index in [9.17, 15) is 13.6 Å². The van der Waals surface area contributed by atoms with E-state index in [2.05, 4.69) is 20.4 Å². The molecule has 4 rings (SSSR count). The number of aromatic nitrogens is 3. The third-order valence-corrected chi connectivity index (χ3v) is 6.08. The fourth-order valence-corrected chi connectivity index (χ4v) is 4.22. The Labute approximate surface area is 188 Å². The molecule has 3 aromatic rings. The first-order valence-electron chi connectivity index (χ1n) is 10.2. The van der Waals surface area contributed by atoms with E-state index in [0.717, 1.165) is 23.4 Å². The molecular weight excluding hydrogens is 436 g/mol. The van der Waals surface area contributed by atoms with Crippen LogP contribution in [0.4, 0.5) is 20.4 Å². The molecule has 1 N–H and O–H groups in total. The topological polar surface area (TPSA) is 72.3 Å². The maximum Gasteiger partial charge on any atom is 0.237 e. The molecule has 1 aromatic heterocycles. The van der Waals surface area contributed by atoms with E-state index in [-0.39, 0.29) is 0 Å². The average molecular weight is 460 g/mol. The summed E-state index contributed by atoms with van der Waals surface area (Å²) < 4.78 is 35.2. The molecule has 168 valence electrons. The molecule has 0 saturated carbocycles. The zero-order chi connectivity index (χ0) is 22.7. The number of carbonyl (C=O) groups is 1. The van der Waals surface area contributed by atoms with Crippen molar-refractivity contribution in [3.8, 4) is 5.69 Å². The molecule has 1 aliphatic heterocycles. The van der Waals surface area contributed by atoms with Crippen LogP contribution in [-0.2, 0) is 9.53 Å². The van der Waals surface area contributed by atoms with Gasteiger partial charge in [0.05, 0.1) is 24.2 Å². The zero-order valence-corrected chi connectivity index (χ0v) is 18.5. The van der Waals surface area contributed by atoms with Gasteiger partial charge in [-0.15, -0.1) is 10.2 Å². The van der Waals surface area contributed by atoms with E-state index in [4.69, 9.17) is 4.74 Å². The molecule has 1 fully saturated rings. The average Bonchev–Trinajstić information content (AvgIpc) is 3.20. The third kappa shape index (κ3) is 4.76. The monoisotopic (exact) mass is 459 g/mol. The zero-order valence-electron chi connectivity index (χ0n) is 17.7. The fraction of sp³-hybridized carbons (Fsp3) is 0.318. The Morgan fingerprint density at radius 1 is 1.12 bits per heavy atom. The van der Waals surface area contributed by atoms with Crippen molar-refractivity contribution >= 4 is 29.3 Å². The molecule has 2 heterocycles. The van der Waals surface area contributed by atoms with Gasteiger partial charge in [0.1, 0.15) is 17.3 Å². The smallest absolute Gasteiger partial charge is 0.237 e. The van der Waals surface area contributed by atoms with Crippen molar-refractivity contribution in [2.45, 2.75) is 24.3 Å². The number of para-hydroxylation sites is 1. The Morgan fingerprint density at radius 3 is 2.50 bits per heavy atom. The number of aryl methyl sites for hydroxylation is 1. The van der Waals surface area contributed by atoms with Crippen LogP contribution in [0.15, 0.2) is 47.6 Å². The van der Waals surface area contributed by atoms with Crippen molar-refractivity contribution in [1.29, 1.82) is 0 Å². The number of thioether (sulfide) groups is 1. The number of hydrogen-bond donors (Lipinski definition) is 1. The van der Waals surface area contributed by atoms with Gasteiger partial charge in [0.15, 0.2) is 5.16 Å². The van der Waals surface area contributed by atoms with Crippen molar-refractivity contribution in [3.63, 3.8) is 0 Å². The van der Waals surface area contributed by atoms with Gasteiger partial charge in [-0.1, -0.05) is 30.0 Å². The quantitative estimate of drug-likeness (QED) is 0.566. The summed E-state index contributed by atoms with van der Waals surface area (Å²) in [6.07, 6.45) is 0. The van der Waals surface area contributed by atoms with Gasteiger partial charge in [0.25, 0.3) is 0 Å². The SMILES string of the molecule is Cc1cccc(-n2c(SC(C)C(=O)Nc3c(F)cccc3F)nnc2N2CCOCC2)c1. The molecule has 1 aliphatic rings. The van der Waals surface area contributed by atoms with E-state index in [1.807, 2.05) is 35.8 Å². The van der Waals surface area contributed by atoms with Crippen LogP contribution in [-0.4, -0.2) is 52.2 Å². The minimum atomic E-state index is -0.826. The largest absolute Gasteiger partial charge is 0.378 e. The lowest BCUT2D eigenvalue weighted by Gasteiger charge is -2.28. The lowest BCUT2D eigenvalue weighted by molar-refractivity contribution is -0.115. The van der Waals surface area contributed by atoms with Crippen molar-refractivity contribution in [2.75, 3.05) is 36.5 Å². The van der Waals surface area contributed by atoms with Crippen LogP contribution in [0.25, 0.3) is 5.69 Å². The summed E-state index contributed by atoms with van der Waals surface area (Å²) in [6, 6.07) is 11.3. The van der Waals surface area contributed by atoms with E-state index in [1.165, 1.54) is 17.8 Å². The van der Waals surface area contributed by atoms with E-state index in [0.29, 0.717) is 37.4 Å². The molecule has 0 radical (unpaired) electrons. The minimum Gasteiger partial charge on any atom is -0.378 e. The van der Waals surface area contributed by atoms with Crippen molar-refractivity contribution in [2.24, 2.45) is 0 Å². The van der Waals surface area contributed by atoms with Crippen LogP contribution < -0.4 is 10.2 Å². The number of anilines is 2. The highest BCUT2D eigenvalue weighted by atomic mass is 32.2. The summed E-state index contributed by atoms with van der Waals surface area (Å²) in [7, 11) is 0. The van der Waals surface area contributed by atoms with Crippen molar-refractivity contribution in [3.05, 3.63) is 59.7 Å². The Bertz CT molecular complexity index is 1100. The summed E-state index contributed by atoms with van der Waals surface area (Å²) in [5.41, 5.74) is 1.48. The van der Waals surface area contributed by atoms with Gasteiger partial charge in [-0.2, -0.15) is 0 Å². The maximum absolute atomic E-state index is 13.9. The van der Waals surface area contributed by atoms with Crippen LogP contribution in [0, 0.1) is 18.6 Å². The first-order valence-corrected chi connectivity index (χ1v) is 11.1. The van der Waals surface area contributed by atoms with Crippen LogP contribution in [0.2, 0.25) is 0 Å². The van der Waals surface area contributed by atoms with Crippen molar-refractivity contribution in [1.82, 2.24) is 14.8 Å². The third-order valence-electron chi connectivity index (χ3n) is 5.03. The standard InChI is InChI=1S/C22H23F2N5O2S/c1-14-5-3-6-16(13-14)29-21(28-9-11-31-12-10-28)26-27-22(29)32-15(2)20(30)25-19-17(23)7-4-8-18(19)24/h3-8,13,15H,9-12H2,1-2H3,(H,25,30). The van der Waals surface area contributed by atoms with Crippen LogP contribution >= 0.6 is 11.8 Å². The van der Waals surface area contributed by atoms with E-state index in [1.54, 1.807) is 6.92 Å². The predicted octanol–water partition coefficient (Wildman–Crippen LogP) is 3.81. The van der Waals surface area contributed by atoms with Crippen molar-refractivity contribution < 1.29 is 18.3 Å². The summed E-state index contributed by atoms with van der Waals surface area (Å²) in [5.74, 6) is -1.53. The van der Waals surface area contributed by atoms with Gasteiger partial charge in [-0.3, -0.25) is 9.36 Å². The number of ether oxygens (including phenoxy) is 1. The Hall–Kier alpha value is -2.98. The normalized spacial score (nSPS) is 14.9. The summed E-state index contributed by atoms with van der Waals surface area (Å²) in [4.78, 5) is 14.8. The number of hydrogen-bond acceptors (Lipinski definition) is 6. The molecule has 1 saturated heterocycles. The molecule has 0 aliphatic carbocycles. The number of nitrogens with one attached hydrogen (secondary N) is 1. The molecule has 0 bridgehead atoms. The first kappa shape index (κ1) is 22.2. The van der Waals surface area contributed by atoms with Gasteiger partial charge in [-0.05, 0) is 43.7 Å². The molecule has 1 unspecified atom stereocenters. The molecule has 32 heavy (non-hydrogen) atoms. The lowest BCUT2D eigenvalue weighted by atomic mass is 10.2. The van der Waals surface area contributed by atoms with Crippen LogP contribution in [0.5, 0.6) is 0 Å². The Kier molecular flexibility index (Phi) is 6.71. The predicted molar refractivity (Wildman–Crippen MR) is 119 cm³/mol. The van der Waals surface area contributed by atoms with Gasteiger partial charge in [0, 0.05) is 13.1 Å². The minimum absolute atomic E-state index is 0.459. The molecule has 2 aromatic carbocycles. The highest BCUT2D eigenvalue weighted by Crippen LogP contribution is 2.31. The van der Waals surface area contributed by atoms with Gasteiger partial charge < -0.3 is 15.0 Å². The van der Waals surface area contributed by atoms with E-state index >= 15 is 0 Å². The molecule has 7 nitrogen and oxygen atoms in total. The molecule has 1 amide bonds. The highest BCUT2D eigenvalue weighted by Gasteiger charge is 2.25. The lowest BCUT2D eigenvalue weighted by Crippen LogP contribution is -2.38. The second kappa shape index (κ2) is 9.66. The molecule has 0 spiro atoms. The second-order valence-electron chi connectivity index (χ2n) is 7.40. The number of benzene rings is 2. The first-order chi connectivity index (χ1) is 15.4. The fourth-order valence-electron chi connectivity index (χ4n) is 3.35. The Morgan fingerprint density at radius 2 is 1.81 bits per heavy atom. The summed E-state index contributed by atoms with van der Waals surface area (Å²) in [6.45, 7) is 6.19. The van der Waals surface area contributed by atoms with Crippen LogP contribution in [0.3, 0.4) is 0 Å². The second-order valence-corrected chi connectivity index (χ2v) is 8.71. The number of morpholine rings is 1.